The molecule has 0 radical (unpaired) electrons. The minimum absolute atomic E-state index is 0.0390. The van der Waals surface area contributed by atoms with E-state index in [-0.39, 0.29) is 17.7 Å². The number of rotatable bonds is 4. The van der Waals surface area contributed by atoms with Crippen LogP contribution in [0.2, 0.25) is 0 Å². The van der Waals surface area contributed by atoms with Gasteiger partial charge in [0.15, 0.2) is 0 Å². The van der Waals surface area contributed by atoms with Gasteiger partial charge >= 0.3 is 0 Å². The van der Waals surface area contributed by atoms with Crippen LogP contribution < -0.4 is 5.32 Å². The maximum Gasteiger partial charge on any atom is 0.223 e. The van der Waals surface area contributed by atoms with Crippen LogP contribution in [0.4, 0.5) is 0 Å². The molecule has 1 saturated heterocycles. The quantitative estimate of drug-likeness (QED) is 0.863. The molecule has 1 aromatic rings. The summed E-state index contributed by atoms with van der Waals surface area (Å²) >= 11 is 0. The molecule has 1 aliphatic heterocycles. The number of likely N-dealkylation sites (tertiary alicyclic amines) is 1. The second kappa shape index (κ2) is 6.54. The molecular weight excluding hydrogens is 256 g/mol. The molecule has 0 bridgehead atoms. The first-order chi connectivity index (χ1) is 9.58. The summed E-state index contributed by atoms with van der Waals surface area (Å²) in [6.45, 7) is 3.59. The second-order valence-electron chi connectivity index (χ2n) is 5.27. The third-order valence-electron chi connectivity index (χ3n) is 3.91. The van der Waals surface area contributed by atoms with E-state index in [2.05, 4.69) is 10.4 Å². The molecule has 1 fully saturated rings. The summed E-state index contributed by atoms with van der Waals surface area (Å²) in [5, 5.41) is 7.07. The van der Waals surface area contributed by atoms with E-state index in [0.29, 0.717) is 19.6 Å². The van der Waals surface area contributed by atoms with Crippen LogP contribution in [0.1, 0.15) is 25.5 Å². The molecule has 0 unspecified atom stereocenters. The molecule has 0 aliphatic carbocycles. The largest absolute Gasteiger partial charge is 0.355 e. The lowest BCUT2D eigenvalue weighted by Gasteiger charge is -2.30. The number of aryl methyl sites for hydroxylation is 1. The maximum absolute atomic E-state index is 12.1. The third-order valence-corrected chi connectivity index (χ3v) is 3.91. The average Bonchev–Trinajstić information content (AvgIpc) is 2.84. The van der Waals surface area contributed by atoms with E-state index in [1.807, 2.05) is 17.8 Å². The fourth-order valence-electron chi connectivity index (χ4n) is 2.56. The summed E-state index contributed by atoms with van der Waals surface area (Å²) in [5.74, 6) is 0.243. The molecule has 1 aliphatic rings. The van der Waals surface area contributed by atoms with Crippen LogP contribution in [0.15, 0.2) is 12.3 Å². The number of piperidine rings is 1. The van der Waals surface area contributed by atoms with Gasteiger partial charge in [0.2, 0.25) is 11.8 Å². The molecule has 20 heavy (non-hydrogen) atoms. The molecule has 0 aromatic carbocycles. The predicted octanol–water partition coefficient (Wildman–Crippen LogP) is 0.337. The zero-order chi connectivity index (χ0) is 14.5. The number of hydrogen-bond donors (Lipinski definition) is 1. The second-order valence-corrected chi connectivity index (χ2v) is 5.27. The van der Waals surface area contributed by atoms with Crippen LogP contribution in [-0.4, -0.2) is 46.1 Å². The Morgan fingerprint density at radius 1 is 1.40 bits per heavy atom. The van der Waals surface area contributed by atoms with Crippen LogP contribution >= 0.6 is 0 Å². The van der Waals surface area contributed by atoms with Gasteiger partial charge < -0.3 is 10.2 Å². The third kappa shape index (κ3) is 3.59. The summed E-state index contributed by atoms with van der Waals surface area (Å²) in [6.07, 6.45) is 4.07. The molecule has 0 spiro atoms. The van der Waals surface area contributed by atoms with Gasteiger partial charge in [0.25, 0.3) is 0 Å². The summed E-state index contributed by atoms with van der Waals surface area (Å²) in [7, 11) is 1.90. The van der Waals surface area contributed by atoms with Crippen molar-refractivity contribution in [1.82, 2.24) is 20.0 Å². The van der Waals surface area contributed by atoms with E-state index in [1.165, 1.54) is 0 Å². The molecule has 2 heterocycles. The number of carbonyl (C=O) groups excluding carboxylic acids is 2. The topological polar surface area (TPSA) is 67.2 Å². The van der Waals surface area contributed by atoms with E-state index in [1.54, 1.807) is 18.0 Å². The van der Waals surface area contributed by atoms with Crippen molar-refractivity contribution in [3.8, 4) is 0 Å². The van der Waals surface area contributed by atoms with Crippen LogP contribution in [0, 0.1) is 5.92 Å². The number of carbonyl (C=O) groups is 2. The van der Waals surface area contributed by atoms with Crippen LogP contribution in [0.25, 0.3) is 0 Å². The van der Waals surface area contributed by atoms with Crippen molar-refractivity contribution in [3.63, 3.8) is 0 Å². The van der Waals surface area contributed by atoms with Crippen molar-refractivity contribution < 1.29 is 9.59 Å². The highest BCUT2D eigenvalue weighted by Gasteiger charge is 2.25. The fourth-order valence-corrected chi connectivity index (χ4v) is 2.56. The van der Waals surface area contributed by atoms with Gasteiger partial charge in [0.1, 0.15) is 0 Å². The molecule has 1 aromatic heterocycles. The van der Waals surface area contributed by atoms with Gasteiger partial charge in [-0.15, -0.1) is 0 Å². The first-order valence-electron chi connectivity index (χ1n) is 7.08. The van der Waals surface area contributed by atoms with Gasteiger partial charge in [-0.2, -0.15) is 5.10 Å². The lowest BCUT2D eigenvalue weighted by molar-refractivity contribution is -0.133. The molecule has 0 saturated carbocycles. The van der Waals surface area contributed by atoms with Gasteiger partial charge in [-0.1, -0.05) is 0 Å². The molecule has 6 heteroatoms. The smallest absolute Gasteiger partial charge is 0.223 e. The molecular formula is C14H22N4O2. The standard InChI is InChI=1S/C14H22N4O2/c1-11(19)18-9-5-12(6-10-18)14(20)15-7-3-13-4-8-16-17(13)2/h4,8,12H,3,5-7,9-10H2,1-2H3,(H,15,20). The van der Waals surface area contributed by atoms with Crippen molar-refractivity contribution in [2.75, 3.05) is 19.6 Å². The number of hydrogen-bond acceptors (Lipinski definition) is 3. The fraction of sp³-hybridized carbons (Fsp3) is 0.643. The highest BCUT2D eigenvalue weighted by molar-refractivity contribution is 5.79. The van der Waals surface area contributed by atoms with E-state index < -0.39 is 0 Å². The van der Waals surface area contributed by atoms with Gasteiger partial charge in [0.05, 0.1) is 0 Å². The molecule has 1 N–H and O–H groups in total. The summed E-state index contributed by atoms with van der Waals surface area (Å²) in [5.41, 5.74) is 1.11. The highest BCUT2D eigenvalue weighted by atomic mass is 16.2. The van der Waals surface area contributed by atoms with Crippen molar-refractivity contribution in [1.29, 1.82) is 0 Å². The van der Waals surface area contributed by atoms with Crippen molar-refractivity contribution in [2.45, 2.75) is 26.2 Å². The Hall–Kier alpha value is -1.85. The Kier molecular flexibility index (Phi) is 4.76. The van der Waals surface area contributed by atoms with Gasteiger partial charge in [0, 0.05) is 57.8 Å². The SMILES string of the molecule is CC(=O)N1CCC(C(=O)NCCc2ccnn2C)CC1. The number of nitrogens with zero attached hydrogens (tertiary/aromatic N) is 3. The molecule has 6 nitrogen and oxygen atoms in total. The Labute approximate surface area is 119 Å². The Morgan fingerprint density at radius 3 is 2.65 bits per heavy atom. The van der Waals surface area contributed by atoms with Crippen molar-refractivity contribution in [2.24, 2.45) is 13.0 Å². The number of aromatic nitrogens is 2. The number of nitrogens with one attached hydrogen (secondary N) is 1. The molecule has 2 amide bonds. The lowest BCUT2D eigenvalue weighted by Crippen LogP contribution is -2.42. The van der Waals surface area contributed by atoms with E-state index in [4.69, 9.17) is 0 Å². The number of amides is 2. The zero-order valence-corrected chi connectivity index (χ0v) is 12.1. The minimum atomic E-state index is 0.0390. The van der Waals surface area contributed by atoms with E-state index in [9.17, 15) is 9.59 Å². The zero-order valence-electron chi connectivity index (χ0n) is 12.1. The van der Waals surface area contributed by atoms with Crippen LogP contribution in [-0.2, 0) is 23.1 Å². The van der Waals surface area contributed by atoms with Gasteiger partial charge in [-0.3, -0.25) is 14.3 Å². The summed E-state index contributed by atoms with van der Waals surface area (Å²) < 4.78 is 1.82. The van der Waals surface area contributed by atoms with E-state index >= 15 is 0 Å². The van der Waals surface area contributed by atoms with Crippen LogP contribution in [0.3, 0.4) is 0 Å². The van der Waals surface area contributed by atoms with Gasteiger partial charge in [-0.05, 0) is 18.9 Å². The average molecular weight is 278 g/mol. The predicted molar refractivity (Wildman–Crippen MR) is 74.9 cm³/mol. The van der Waals surface area contributed by atoms with Crippen LogP contribution in [0.5, 0.6) is 0 Å². The van der Waals surface area contributed by atoms with E-state index in [0.717, 1.165) is 25.0 Å². The molecule has 110 valence electrons. The first kappa shape index (κ1) is 14.6. The normalized spacial score (nSPS) is 16.2. The van der Waals surface area contributed by atoms with Crippen molar-refractivity contribution >= 4 is 11.8 Å². The molecule has 0 atom stereocenters. The summed E-state index contributed by atoms with van der Waals surface area (Å²) in [6, 6.07) is 1.96. The van der Waals surface area contributed by atoms with Gasteiger partial charge in [-0.25, -0.2) is 0 Å². The Morgan fingerprint density at radius 2 is 2.10 bits per heavy atom. The lowest BCUT2D eigenvalue weighted by atomic mass is 9.96. The monoisotopic (exact) mass is 278 g/mol. The highest BCUT2D eigenvalue weighted by Crippen LogP contribution is 2.17. The maximum atomic E-state index is 12.1. The first-order valence-corrected chi connectivity index (χ1v) is 7.08. The minimum Gasteiger partial charge on any atom is -0.355 e. The van der Waals surface area contributed by atoms with Crippen molar-refractivity contribution in [3.05, 3.63) is 18.0 Å². The molecule has 2 rings (SSSR count). The Balaban J connectivity index is 1.71. The Bertz CT molecular complexity index is 475. The summed E-state index contributed by atoms with van der Waals surface area (Å²) in [4.78, 5) is 25.1.